The van der Waals surface area contributed by atoms with Crippen molar-refractivity contribution in [3.8, 4) is 0 Å². The molecule has 1 aliphatic heterocycles. The highest BCUT2D eigenvalue weighted by molar-refractivity contribution is 6.32. The Morgan fingerprint density at radius 1 is 0.758 bits per heavy atom. The van der Waals surface area contributed by atoms with Gasteiger partial charge >= 0.3 is 0 Å². The van der Waals surface area contributed by atoms with Crippen LogP contribution >= 0.6 is 23.2 Å². The van der Waals surface area contributed by atoms with Crippen molar-refractivity contribution in [3.63, 3.8) is 0 Å². The molecule has 2 aromatic carbocycles. The summed E-state index contributed by atoms with van der Waals surface area (Å²) in [5, 5.41) is 6.03. The fourth-order valence-electron chi connectivity index (χ4n) is 4.09. The molecule has 0 amide bonds. The molecular formula is C27H21Cl2N3O. The Labute approximate surface area is 202 Å². The molecule has 5 rings (SSSR count). The third-order valence-corrected chi connectivity index (χ3v) is 6.38. The second-order valence-electron chi connectivity index (χ2n) is 8.40. The van der Waals surface area contributed by atoms with Gasteiger partial charge in [-0.05, 0) is 62.4 Å². The van der Waals surface area contributed by atoms with Crippen LogP contribution in [0.2, 0.25) is 10.3 Å². The molecule has 0 aliphatic carbocycles. The van der Waals surface area contributed by atoms with E-state index in [9.17, 15) is 4.79 Å². The number of piperidine rings is 1. The smallest absolute Gasteiger partial charge is 0.187 e. The van der Waals surface area contributed by atoms with Crippen molar-refractivity contribution in [1.29, 1.82) is 0 Å². The fourth-order valence-corrected chi connectivity index (χ4v) is 4.49. The van der Waals surface area contributed by atoms with Crippen LogP contribution in [0.5, 0.6) is 0 Å². The van der Waals surface area contributed by atoms with E-state index in [-0.39, 0.29) is 5.78 Å². The molecule has 0 bridgehead atoms. The van der Waals surface area contributed by atoms with E-state index < -0.39 is 0 Å². The van der Waals surface area contributed by atoms with Crippen molar-refractivity contribution in [3.05, 3.63) is 92.2 Å². The fraction of sp³-hybridized carbons (Fsp3) is 0.148. The van der Waals surface area contributed by atoms with Crippen LogP contribution in [-0.2, 0) is 4.79 Å². The van der Waals surface area contributed by atoms with Gasteiger partial charge in [0.2, 0.25) is 0 Å². The number of halogens is 2. The van der Waals surface area contributed by atoms with E-state index in [4.69, 9.17) is 23.2 Å². The topological polar surface area (TPSA) is 54.9 Å². The second kappa shape index (κ2) is 8.71. The quantitative estimate of drug-likeness (QED) is 0.272. The molecule has 0 radical (unpaired) electrons. The molecule has 1 saturated heterocycles. The molecule has 1 fully saturated rings. The number of nitrogens with one attached hydrogen (secondary N) is 1. The molecule has 3 heterocycles. The number of nitrogens with zero attached hydrogens (tertiary/aromatic N) is 2. The van der Waals surface area contributed by atoms with Crippen LogP contribution in [0, 0.1) is 13.8 Å². The predicted octanol–water partition coefficient (Wildman–Crippen LogP) is 6.35. The predicted molar refractivity (Wildman–Crippen MR) is 137 cm³/mol. The normalized spacial score (nSPS) is 16.9. The lowest BCUT2D eigenvalue weighted by Gasteiger charge is -2.18. The monoisotopic (exact) mass is 473 g/mol. The number of Topliss-reactive ketones (excluding diaryl/α,β-unsaturated/α-hetero) is 1. The molecular weight excluding hydrogens is 453 g/mol. The number of pyridine rings is 2. The van der Waals surface area contributed by atoms with E-state index in [0.717, 1.165) is 44.1 Å². The van der Waals surface area contributed by atoms with Gasteiger partial charge < -0.3 is 5.32 Å². The van der Waals surface area contributed by atoms with Crippen LogP contribution in [0.1, 0.15) is 22.3 Å². The molecule has 4 nitrogen and oxygen atoms in total. The summed E-state index contributed by atoms with van der Waals surface area (Å²) in [4.78, 5) is 22.3. The van der Waals surface area contributed by atoms with E-state index in [1.165, 1.54) is 0 Å². The molecule has 0 unspecified atom stereocenters. The summed E-state index contributed by atoms with van der Waals surface area (Å²) in [5.41, 5.74) is 6.64. The maximum atomic E-state index is 13.3. The Hall–Kier alpha value is -3.05. The Kier molecular flexibility index (Phi) is 5.75. The highest BCUT2D eigenvalue weighted by atomic mass is 35.5. The van der Waals surface area contributed by atoms with Crippen LogP contribution in [0.3, 0.4) is 0 Å². The number of fused-ring (bicyclic) bond motifs is 2. The number of hydrogen-bond donors (Lipinski definition) is 1. The van der Waals surface area contributed by atoms with Crippen LogP contribution in [-0.4, -0.2) is 28.8 Å². The number of benzene rings is 2. The summed E-state index contributed by atoms with van der Waals surface area (Å²) in [6, 6.07) is 16.0. The van der Waals surface area contributed by atoms with Gasteiger partial charge in [-0.1, -0.05) is 46.5 Å². The molecule has 1 N–H and O–H groups in total. The molecule has 164 valence electrons. The minimum absolute atomic E-state index is 0.0328. The average molecular weight is 474 g/mol. The van der Waals surface area contributed by atoms with Crippen molar-refractivity contribution in [1.82, 2.24) is 15.3 Å². The van der Waals surface area contributed by atoms with Gasteiger partial charge in [-0.2, -0.15) is 0 Å². The van der Waals surface area contributed by atoms with E-state index >= 15 is 0 Å². The van der Waals surface area contributed by atoms with Crippen LogP contribution in [0.25, 0.3) is 34.0 Å². The first kappa shape index (κ1) is 21.8. The van der Waals surface area contributed by atoms with Gasteiger partial charge in [0.15, 0.2) is 5.78 Å². The third-order valence-electron chi connectivity index (χ3n) is 5.78. The number of rotatable bonds is 2. The Morgan fingerprint density at radius 2 is 1.21 bits per heavy atom. The van der Waals surface area contributed by atoms with Gasteiger partial charge in [-0.15, -0.1) is 0 Å². The number of aryl methyl sites for hydroxylation is 2. The molecule has 33 heavy (non-hydrogen) atoms. The maximum Gasteiger partial charge on any atom is 0.187 e. The van der Waals surface area contributed by atoms with Gasteiger partial charge in [-0.3, -0.25) is 4.79 Å². The summed E-state index contributed by atoms with van der Waals surface area (Å²) in [5.74, 6) is -0.0328. The van der Waals surface area contributed by atoms with Gasteiger partial charge in [0.1, 0.15) is 10.3 Å². The van der Waals surface area contributed by atoms with Crippen LogP contribution in [0.15, 0.2) is 59.7 Å². The van der Waals surface area contributed by atoms with Crippen molar-refractivity contribution >= 4 is 62.9 Å². The molecule has 1 aliphatic rings. The summed E-state index contributed by atoms with van der Waals surface area (Å²) in [7, 11) is 0. The van der Waals surface area contributed by atoms with Gasteiger partial charge in [-0.25, -0.2) is 9.97 Å². The molecule has 2 aromatic heterocycles. The molecule has 0 spiro atoms. The van der Waals surface area contributed by atoms with Gasteiger partial charge in [0, 0.05) is 46.1 Å². The highest BCUT2D eigenvalue weighted by Gasteiger charge is 2.21. The lowest BCUT2D eigenvalue weighted by molar-refractivity contribution is -0.112. The zero-order chi connectivity index (χ0) is 23.1. The van der Waals surface area contributed by atoms with Crippen molar-refractivity contribution < 1.29 is 4.79 Å². The number of hydrogen-bond acceptors (Lipinski definition) is 4. The number of aromatic nitrogens is 2. The first-order valence-corrected chi connectivity index (χ1v) is 11.4. The van der Waals surface area contributed by atoms with Crippen LogP contribution < -0.4 is 5.32 Å². The summed E-state index contributed by atoms with van der Waals surface area (Å²) >= 11 is 12.9. The summed E-state index contributed by atoms with van der Waals surface area (Å²) in [6.45, 7) is 4.99. The van der Waals surface area contributed by atoms with E-state index in [2.05, 4.69) is 27.4 Å². The molecule has 0 saturated carbocycles. The van der Waals surface area contributed by atoms with Crippen LogP contribution in [0.4, 0.5) is 0 Å². The Bertz CT molecular complexity index is 1390. The van der Waals surface area contributed by atoms with Crippen molar-refractivity contribution in [2.45, 2.75) is 13.8 Å². The number of ketones is 1. The van der Waals surface area contributed by atoms with E-state index in [1.54, 1.807) is 0 Å². The minimum Gasteiger partial charge on any atom is -0.308 e. The van der Waals surface area contributed by atoms with Gasteiger partial charge in [0.05, 0.1) is 11.0 Å². The summed E-state index contributed by atoms with van der Waals surface area (Å²) in [6.07, 6.45) is 3.64. The lowest BCUT2D eigenvalue weighted by atomic mass is 9.95. The van der Waals surface area contributed by atoms with Crippen molar-refractivity contribution in [2.75, 3.05) is 13.1 Å². The SMILES string of the molecule is Cc1ccc2nc(Cl)c(/C=C3\CNC/C(=C\c4cc5cc(C)ccc5nc4Cl)C3=O)cc2c1. The highest BCUT2D eigenvalue weighted by Crippen LogP contribution is 2.27. The Balaban J connectivity index is 1.52. The van der Waals surface area contributed by atoms with E-state index in [0.29, 0.717) is 34.5 Å². The number of carbonyl (C=O) groups is 1. The van der Waals surface area contributed by atoms with Gasteiger partial charge in [0.25, 0.3) is 0 Å². The second-order valence-corrected chi connectivity index (χ2v) is 9.12. The number of carbonyl (C=O) groups excluding carboxylic acids is 1. The molecule has 6 heteroatoms. The summed E-state index contributed by atoms with van der Waals surface area (Å²) < 4.78 is 0. The standard InChI is InChI=1S/C27H21Cl2N3O/c1-15-3-5-23-17(7-15)9-19(26(28)31-23)11-21-13-30-14-22(25(21)33)12-20-10-18-8-16(2)4-6-24(18)32-27(20)29/h3-12,30H,13-14H2,1-2H3/b21-11+,22-12+. The zero-order valence-electron chi connectivity index (χ0n) is 18.2. The first-order valence-electron chi connectivity index (χ1n) is 10.7. The third kappa shape index (κ3) is 4.42. The first-order chi connectivity index (χ1) is 15.9. The largest absolute Gasteiger partial charge is 0.308 e. The maximum absolute atomic E-state index is 13.3. The minimum atomic E-state index is -0.0328. The van der Waals surface area contributed by atoms with Crippen molar-refractivity contribution in [2.24, 2.45) is 0 Å². The molecule has 0 atom stereocenters. The van der Waals surface area contributed by atoms with E-state index in [1.807, 2.05) is 62.4 Å². The molecule has 4 aromatic rings. The lowest BCUT2D eigenvalue weighted by Crippen LogP contribution is -2.32. The average Bonchev–Trinajstić information content (AvgIpc) is 2.78. The Morgan fingerprint density at radius 3 is 1.67 bits per heavy atom. The zero-order valence-corrected chi connectivity index (χ0v) is 19.8.